The Morgan fingerprint density at radius 1 is 0.902 bits per heavy atom. The smallest absolute Gasteiger partial charge is 0.336 e. The summed E-state index contributed by atoms with van der Waals surface area (Å²) in [5, 5.41) is 3.44. The number of hydrogen-bond donors (Lipinski definition) is 1. The van der Waals surface area contributed by atoms with Gasteiger partial charge in [-0.15, -0.1) is 0 Å². The van der Waals surface area contributed by atoms with Crippen molar-refractivity contribution in [3.63, 3.8) is 0 Å². The molecule has 2 atom stereocenters. The first kappa shape index (κ1) is 28.2. The van der Waals surface area contributed by atoms with Gasteiger partial charge in [-0.2, -0.15) is 0 Å². The minimum absolute atomic E-state index is 0.0324. The number of carbonyl (C=O) groups is 2. The molecule has 3 aromatic rings. The fourth-order valence-corrected chi connectivity index (χ4v) is 5.78. The van der Waals surface area contributed by atoms with E-state index in [4.69, 9.17) is 14.2 Å². The van der Waals surface area contributed by atoms with Crippen molar-refractivity contribution in [1.82, 2.24) is 5.32 Å². The van der Waals surface area contributed by atoms with Gasteiger partial charge < -0.3 is 19.5 Å². The Morgan fingerprint density at radius 2 is 1.63 bits per heavy atom. The molecule has 1 aliphatic heterocycles. The molecule has 0 bridgehead atoms. The van der Waals surface area contributed by atoms with E-state index in [1.807, 2.05) is 80.6 Å². The van der Waals surface area contributed by atoms with Crippen molar-refractivity contribution in [2.45, 2.75) is 51.4 Å². The van der Waals surface area contributed by atoms with E-state index >= 15 is 0 Å². The van der Waals surface area contributed by atoms with Gasteiger partial charge in [0.15, 0.2) is 17.3 Å². The molecule has 6 nitrogen and oxygen atoms in total. The fraction of sp³-hybridized carbons (Fsp3) is 0.314. The number of rotatable bonds is 10. The highest BCUT2D eigenvalue weighted by Gasteiger charge is 2.41. The number of dihydropyridines is 1. The number of hydrogen-bond acceptors (Lipinski definition) is 6. The summed E-state index contributed by atoms with van der Waals surface area (Å²) in [6, 6.07) is 25.7. The molecule has 41 heavy (non-hydrogen) atoms. The van der Waals surface area contributed by atoms with E-state index in [0.717, 1.165) is 28.8 Å². The van der Waals surface area contributed by atoms with Crippen LogP contribution in [0.15, 0.2) is 101 Å². The quantitative estimate of drug-likeness (QED) is 0.285. The van der Waals surface area contributed by atoms with Crippen LogP contribution in [-0.2, 0) is 20.7 Å². The monoisotopic (exact) mass is 551 g/mol. The maximum Gasteiger partial charge on any atom is 0.336 e. The Labute approximate surface area is 242 Å². The summed E-state index contributed by atoms with van der Waals surface area (Å²) in [7, 11) is 1.60. The third-order valence-corrected chi connectivity index (χ3v) is 7.77. The van der Waals surface area contributed by atoms with E-state index in [2.05, 4.69) is 17.4 Å². The largest absolute Gasteiger partial charge is 0.493 e. The van der Waals surface area contributed by atoms with Gasteiger partial charge in [0, 0.05) is 35.7 Å². The predicted octanol–water partition coefficient (Wildman–Crippen LogP) is 6.63. The van der Waals surface area contributed by atoms with Crippen LogP contribution in [0.1, 0.15) is 61.6 Å². The van der Waals surface area contributed by atoms with Crippen molar-refractivity contribution in [1.29, 1.82) is 0 Å². The molecule has 1 aliphatic carbocycles. The van der Waals surface area contributed by atoms with Gasteiger partial charge in [0.1, 0.15) is 0 Å². The lowest BCUT2D eigenvalue weighted by Crippen LogP contribution is -2.36. The highest BCUT2D eigenvalue weighted by molar-refractivity contribution is 6.04. The predicted molar refractivity (Wildman–Crippen MR) is 159 cm³/mol. The first-order chi connectivity index (χ1) is 20.0. The number of allylic oxidation sites excluding steroid dienone is 3. The van der Waals surface area contributed by atoms with Crippen LogP contribution in [-0.4, -0.2) is 32.1 Å². The van der Waals surface area contributed by atoms with Gasteiger partial charge in [-0.25, -0.2) is 4.79 Å². The van der Waals surface area contributed by atoms with Crippen LogP contribution < -0.4 is 14.8 Å². The molecule has 0 spiro atoms. The molecule has 1 N–H and O–H groups in total. The molecule has 0 saturated carbocycles. The van der Waals surface area contributed by atoms with Crippen LogP contribution in [0.2, 0.25) is 0 Å². The van der Waals surface area contributed by atoms with Crippen LogP contribution in [0.3, 0.4) is 0 Å². The number of benzene rings is 3. The van der Waals surface area contributed by atoms with Gasteiger partial charge in [-0.05, 0) is 54.5 Å². The highest BCUT2D eigenvalue weighted by Crippen LogP contribution is 2.47. The summed E-state index contributed by atoms with van der Waals surface area (Å²) in [6.07, 6.45) is 2.54. The summed E-state index contributed by atoms with van der Waals surface area (Å²) in [6.45, 7) is 4.74. The Balaban J connectivity index is 1.50. The van der Waals surface area contributed by atoms with Crippen LogP contribution in [0.5, 0.6) is 11.5 Å². The van der Waals surface area contributed by atoms with E-state index < -0.39 is 11.9 Å². The third-order valence-electron chi connectivity index (χ3n) is 7.77. The van der Waals surface area contributed by atoms with Gasteiger partial charge >= 0.3 is 5.97 Å². The number of ketones is 1. The van der Waals surface area contributed by atoms with Crippen LogP contribution >= 0.6 is 0 Å². The topological polar surface area (TPSA) is 73.9 Å². The zero-order valence-electron chi connectivity index (χ0n) is 23.9. The summed E-state index contributed by atoms with van der Waals surface area (Å²) in [4.78, 5) is 27.6. The fourth-order valence-electron chi connectivity index (χ4n) is 5.78. The Morgan fingerprint density at radius 3 is 2.34 bits per heavy atom. The molecule has 0 saturated heterocycles. The molecule has 0 radical (unpaired) electrons. The van der Waals surface area contributed by atoms with Crippen molar-refractivity contribution in [2.75, 3.05) is 20.3 Å². The van der Waals surface area contributed by atoms with Gasteiger partial charge in [0.2, 0.25) is 0 Å². The Hall–Kier alpha value is -4.32. The molecule has 6 heteroatoms. The highest BCUT2D eigenvalue weighted by atomic mass is 16.5. The second-order valence-corrected chi connectivity index (χ2v) is 10.6. The van der Waals surface area contributed by atoms with Gasteiger partial charge in [-0.3, -0.25) is 4.79 Å². The third kappa shape index (κ3) is 6.22. The van der Waals surface area contributed by atoms with Gasteiger partial charge in [-0.1, -0.05) is 73.7 Å². The molecule has 0 unspecified atom stereocenters. The minimum Gasteiger partial charge on any atom is -0.493 e. The maximum atomic E-state index is 13.9. The van der Waals surface area contributed by atoms with Crippen molar-refractivity contribution < 1.29 is 23.8 Å². The second-order valence-electron chi connectivity index (χ2n) is 10.6. The van der Waals surface area contributed by atoms with E-state index in [9.17, 15) is 9.59 Å². The lowest BCUT2D eigenvalue weighted by atomic mass is 9.71. The van der Waals surface area contributed by atoms with Crippen molar-refractivity contribution in [3.05, 3.63) is 118 Å². The molecule has 0 amide bonds. The molecule has 1 heterocycles. The number of methoxy groups -OCH3 is 1. The van der Waals surface area contributed by atoms with Crippen LogP contribution in [0.25, 0.3) is 0 Å². The molecule has 5 rings (SSSR count). The average molecular weight is 552 g/mol. The van der Waals surface area contributed by atoms with Gasteiger partial charge in [0.25, 0.3) is 0 Å². The Kier molecular flexibility index (Phi) is 8.88. The SMILES string of the molecule is CCCOc1ccc([C@@H]2C(C(=O)OCCc3ccccc3)=C(C)NC3=C2C(=O)C[C@@H](c2ccccc2)C3)cc1OC. The van der Waals surface area contributed by atoms with Crippen molar-refractivity contribution >= 4 is 11.8 Å². The summed E-state index contributed by atoms with van der Waals surface area (Å²) in [5.74, 6) is 0.302. The lowest BCUT2D eigenvalue weighted by molar-refractivity contribution is -0.139. The summed E-state index contributed by atoms with van der Waals surface area (Å²) < 4.78 is 17.4. The number of ether oxygens (including phenoxy) is 3. The zero-order valence-corrected chi connectivity index (χ0v) is 23.9. The second kappa shape index (κ2) is 12.9. The molecular formula is C35H37NO5. The molecule has 3 aromatic carbocycles. The minimum atomic E-state index is -0.575. The number of esters is 1. The molecular weight excluding hydrogens is 514 g/mol. The normalized spacial score (nSPS) is 18.5. The van der Waals surface area contributed by atoms with E-state index in [0.29, 0.717) is 54.2 Å². The molecule has 212 valence electrons. The standard InChI is InChI=1S/C35H37NO5/c1-4-18-40-30-16-15-26(22-31(30)39-3)33-32(35(38)41-19-17-24-11-7-5-8-12-24)23(2)36-28-20-27(21-29(37)34(28)33)25-13-9-6-10-14-25/h5-16,22,27,33,36H,4,17-21H2,1-3H3/t27-,33+/m0/s1. The summed E-state index contributed by atoms with van der Waals surface area (Å²) in [5.41, 5.74) is 5.66. The van der Waals surface area contributed by atoms with E-state index in [-0.39, 0.29) is 18.3 Å². The summed E-state index contributed by atoms with van der Waals surface area (Å²) >= 11 is 0. The first-order valence-corrected chi connectivity index (χ1v) is 14.3. The number of carbonyl (C=O) groups excluding carboxylic acids is 2. The van der Waals surface area contributed by atoms with E-state index in [1.54, 1.807) is 7.11 Å². The van der Waals surface area contributed by atoms with Crippen molar-refractivity contribution in [2.24, 2.45) is 0 Å². The van der Waals surface area contributed by atoms with Gasteiger partial charge in [0.05, 0.1) is 25.9 Å². The number of nitrogens with one attached hydrogen (secondary N) is 1. The average Bonchev–Trinajstić information content (AvgIpc) is 3.00. The van der Waals surface area contributed by atoms with E-state index in [1.165, 1.54) is 0 Å². The number of Topliss-reactive ketones (excluding diaryl/α,β-unsaturated/α-hetero) is 1. The van der Waals surface area contributed by atoms with Crippen LogP contribution in [0.4, 0.5) is 0 Å². The molecule has 2 aliphatic rings. The molecule has 0 aromatic heterocycles. The van der Waals surface area contributed by atoms with Crippen LogP contribution in [0, 0.1) is 0 Å². The zero-order chi connectivity index (χ0) is 28.8. The van der Waals surface area contributed by atoms with Crippen molar-refractivity contribution in [3.8, 4) is 11.5 Å². The molecule has 0 fully saturated rings. The lowest BCUT2D eigenvalue weighted by Gasteiger charge is -2.37. The maximum absolute atomic E-state index is 13.9. The first-order valence-electron chi connectivity index (χ1n) is 14.3. The Bertz CT molecular complexity index is 1460.